The molecule has 4 aromatic rings. The first-order chi connectivity index (χ1) is 14.2. The quantitative estimate of drug-likeness (QED) is 0.547. The Labute approximate surface area is 167 Å². The molecule has 2 aromatic carbocycles. The van der Waals surface area contributed by atoms with Gasteiger partial charge in [0.15, 0.2) is 5.65 Å². The molecule has 0 spiro atoms. The molecular formula is C22H20N6O. The number of hydrogen-bond acceptors (Lipinski definition) is 5. The molecule has 1 aliphatic carbocycles. The van der Waals surface area contributed by atoms with Gasteiger partial charge in [-0.25, -0.2) is 14.6 Å². The molecule has 5 rings (SSSR count). The fourth-order valence-corrected chi connectivity index (χ4v) is 3.22. The lowest BCUT2D eigenvalue weighted by molar-refractivity contribution is 0.0951. The number of benzene rings is 2. The molecule has 144 valence electrons. The maximum absolute atomic E-state index is 12.4. The summed E-state index contributed by atoms with van der Waals surface area (Å²) in [6.45, 7) is 2.00. The van der Waals surface area contributed by atoms with E-state index < -0.39 is 0 Å². The largest absolute Gasteiger partial charge is 0.349 e. The summed E-state index contributed by atoms with van der Waals surface area (Å²) in [4.78, 5) is 21.2. The Morgan fingerprint density at radius 2 is 1.93 bits per heavy atom. The molecule has 2 aromatic heterocycles. The number of nitrogens with zero attached hydrogens (tertiary/aromatic N) is 4. The molecule has 2 heterocycles. The predicted octanol–water partition coefficient (Wildman–Crippen LogP) is 3.76. The smallest absolute Gasteiger partial charge is 0.251 e. The molecule has 0 radical (unpaired) electrons. The van der Waals surface area contributed by atoms with E-state index in [1.54, 1.807) is 10.9 Å². The Balaban J connectivity index is 1.49. The first-order valence-corrected chi connectivity index (χ1v) is 9.62. The van der Waals surface area contributed by atoms with E-state index in [-0.39, 0.29) is 5.91 Å². The van der Waals surface area contributed by atoms with Gasteiger partial charge in [0.1, 0.15) is 12.1 Å². The van der Waals surface area contributed by atoms with Gasteiger partial charge in [0.2, 0.25) is 0 Å². The molecule has 29 heavy (non-hydrogen) atoms. The van der Waals surface area contributed by atoms with Gasteiger partial charge in [-0.2, -0.15) is 5.10 Å². The molecule has 0 atom stereocenters. The van der Waals surface area contributed by atoms with Crippen molar-refractivity contribution in [2.45, 2.75) is 25.8 Å². The highest BCUT2D eigenvalue weighted by Crippen LogP contribution is 2.27. The lowest BCUT2D eigenvalue weighted by atomic mass is 10.1. The second-order valence-electron chi connectivity index (χ2n) is 7.25. The molecule has 0 bridgehead atoms. The van der Waals surface area contributed by atoms with E-state index in [1.807, 2.05) is 55.5 Å². The summed E-state index contributed by atoms with van der Waals surface area (Å²) < 4.78 is 1.79. The zero-order chi connectivity index (χ0) is 19.8. The predicted molar refractivity (Wildman–Crippen MR) is 112 cm³/mol. The molecule has 1 aliphatic rings. The van der Waals surface area contributed by atoms with Crippen molar-refractivity contribution in [2.24, 2.45) is 0 Å². The second-order valence-corrected chi connectivity index (χ2v) is 7.25. The van der Waals surface area contributed by atoms with E-state index in [1.165, 1.54) is 6.33 Å². The number of carbonyl (C=O) groups excluding carboxylic acids is 1. The Morgan fingerprint density at radius 1 is 1.10 bits per heavy atom. The zero-order valence-corrected chi connectivity index (χ0v) is 16.0. The van der Waals surface area contributed by atoms with Gasteiger partial charge in [0.25, 0.3) is 5.91 Å². The molecule has 7 heteroatoms. The Bertz CT molecular complexity index is 1200. The number of nitrogens with one attached hydrogen (secondary N) is 2. The SMILES string of the molecule is Cc1ccc(C(=O)NC2CC2)cc1Nc1ncnc2c1cnn2-c1ccccc1. The van der Waals surface area contributed by atoms with Crippen LogP contribution in [0.15, 0.2) is 61.1 Å². The first-order valence-electron chi connectivity index (χ1n) is 9.62. The molecule has 0 saturated heterocycles. The van der Waals surface area contributed by atoms with Crippen molar-refractivity contribution in [3.05, 3.63) is 72.2 Å². The van der Waals surface area contributed by atoms with Crippen LogP contribution in [0, 0.1) is 6.92 Å². The number of fused-ring (bicyclic) bond motifs is 1. The van der Waals surface area contributed by atoms with Crippen LogP contribution in [-0.2, 0) is 0 Å². The summed E-state index contributed by atoms with van der Waals surface area (Å²) >= 11 is 0. The monoisotopic (exact) mass is 384 g/mol. The Morgan fingerprint density at radius 3 is 2.72 bits per heavy atom. The fourth-order valence-electron chi connectivity index (χ4n) is 3.22. The minimum absolute atomic E-state index is 0.0414. The van der Waals surface area contributed by atoms with Crippen molar-refractivity contribution in [1.82, 2.24) is 25.1 Å². The van der Waals surface area contributed by atoms with Crippen LogP contribution in [0.25, 0.3) is 16.7 Å². The molecule has 1 saturated carbocycles. The maximum Gasteiger partial charge on any atom is 0.251 e. The number of aromatic nitrogens is 4. The minimum atomic E-state index is -0.0414. The summed E-state index contributed by atoms with van der Waals surface area (Å²) in [5.74, 6) is 0.611. The van der Waals surface area contributed by atoms with Gasteiger partial charge >= 0.3 is 0 Å². The number of rotatable bonds is 5. The number of carbonyl (C=O) groups is 1. The van der Waals surface area contributed by atoms with Crippen LogP contribution < -0.4 is 10.6 Å². The third-order valence-electron chi connectivity index (χ3n) is 5.03. The molecule has 0 aliphatic heterocycles. The summed E-state index contributed by atoms with van der Waals surface area (Å²) in [5.41, 5.74) is 4.14. The van der Waals surface area contributed by atoms with Gasteiger partial charge < -0.3 is 10.6 Å². The van der Waals surface area contributed by atoms with E-state index in [2.05, 4.69) is 25.7 Å². The molecule has 0 unspecified atom stereocenters. The summed E-state index contributed by atoms with van der Waals surface area (Å²) in [6, 6.07) is 15.8. The topological polar surface area (TPSA) is 84.7 Å². The molecule has 1 fully saturated rings. The molecule has 2 N–H and O–H groups in total. The van der Waals surface area contributed by atoms with Crippen LogP contribution in [-0.4, -0.2) is 31.7 Å². The van der Waals surface area contributed by atoms with Gasteiger partial charge in [0, 0.05) is 17.3 Å². The van der Waals surface area contributed by atoms with E-state index in [0.29, 0.717) is 23.1 Å². The van der Waals surface area contributed by atoms with Crippen LogP contribution >= 0.6 is 0 Å². The van der Waals surface area contributed by atoms with Gasteiger partial charge in [-0.3, -0.25) is 4.79 Å². The lowest BCUT2D eigenvalue weighted by Crippen LogP contribution is -2.25. The Kier molecular flexibility index (Phi) is 4.20. The average Bonchev–Trinajstić information content (AvgIpc) is 3.45. The van der Waals surface area contributed by atoms with Gasteiger partial charge in [0.05, 0.1) is 17.3 Å². The van der Waals surface area contributed by atoms with Crippen molar-refractivity contribution in [1.29, 1.82) is 0 Å². The summed E-state index contributed by atoms with van der Waals surface area (Å²) in [7, 11) is 0. The van der Waals surface area contributed by atoms with Crippen LogP contribution in [0.2, 0.25) is 0 Å². The van der Waals surface area contributed by atoms with Gasteiger partial charge in [-0.15, -0.1) is 0 Å². The van der Waals surface area contributed by atoms with Crippen molar-refractivity contribution in [3.63, 3.8) is 0 Å². The Hall–Kier alpha value is -3.74. The number of aryl methyl sites for hydroxylation is 1. The fraction of sp³-hybridized carbons (Fsp3) is 0.182. The average molecular weight is 384 g/mol. The highest BCUT2D eigenvalue weighted by Gasteiger charge is 2.24. The van der Waals surface area contributed by atoms with E-state index in [0.717, 1.165) is 35.2 Å². The van der Waals surface area contributed by atoms with Crippen LogP contribution in [0.5, 0.6) is 0 Å². The minimum Gasteiger partial charge on any atom is -0.349 e. The van der Waals surface area contributed by atoms with Crippen molar-refractivity contribution >= 4 is 28.4 Å². The summed E-state index contributed by atoms with van der Waals surface area (Å²) in [6.07, 6.45) is 5.40. The van der Waals surface area contributed by atoms with E-state index in [4.69, 9.17) is 0 Å². The van der Waals surface area contributed by atoms with E-state index in [9.17, 15) is 4.79 Å². The number of anilines is 2. The van der Waals surface area contributed by atoms with Gasteiger partial charge in [-0.05, 0) is 49.6 Å². The van der Waals surface area contributed by atoms with Gasteiger partial charge in [-0.1, -0.05) is 24.3 Å². The normalized spacial score (nSPS) is 13.4. The lowest BCUT2D eigenvalue weighted by Gasteiger charge is -2.12. The third kappa shape index (κ3) is 3.42. The number of hydrogen-bond donors (Lipinski definition) is 2. The number of para-hydroxylation sites is 1. The number of amides is 1. The highest BCUT2D eigenvalue weighted by atomic mass is 16.1. The standard InChI is InChI=1S/C22H20N6O/c1-14-7-8-15(22(29)26-16-9-10-16)11-19(14)27-20-18-12-25-28(21(18)24-13-23-20)17-5-3-2-4-6-17/h2-8,11-13,16H,9-10H2,1H3,(H,26,29)(H,23,24,27). The third-order valence-corrected chi connectivity index (χ3v) is 5.03. The molecule has 1 amide bonds. The van der Waals surface area contributed by atoms with Crippen LogP contribution in [0.3, 0.4) is 0 Å². The van der Waals surface area contributed by atoms with E-state index >= 15 is 0 Å². The first kappa shape index (κ1) is 17.4. The van der Waals surface area contributed by atoms with Crippen molar-refractivity contribution in [2.75, 3.05) is 5.32 Å². The molecule has 7 nitrogen and oxygen atoms in total. The van der Waals surface area contributed by atoms with Crippen LogP contribution in [0.4, 0.5) is 11.5 Å². The maximum atomic E-state index is 12.4. The zero-order valence-electron chi connectivity index (χ0n) is 16.0. The summed E-state index contributed by atoms with van der Waals surface area (Å²) in [5, 5.41) is 11.7. The second kappa shape index (κ2) is 7.01. The van der Waals surface area contributed by atoms with Crippen LogP contribution in [0.1, 0.15) is 28.8 Å². The molecular weight excluding hydrogens is 364 g/mol. The van der Waals surface area contributed by atoms with Crippen molar-refractivity contribution < 1.29 is 4.79 Å². The van der Waals surface area contributed by atoms with Crippen molar-refractivity contribution in [3.8, 4) is 5.69 Å². The highest BCUT2D eigenvalue weighted by molar-refractivity contribution is 5.96.